The van der Waals surface area contributed by atoms with Gasteiger partial charge in [-0.1, -0.05) is 19.3 Å². The second-order valence-corrected chi connectivity index (χ2v) is 8.15. The molecule has 0 spiro atoms. The molecule has 0 radical (unpaired) electrons. The van der Waals surface area contributed by atoms with Crippen molar-refractivity contribution in [1.29, 1.82) is 5.26 Å². The van der Waals surface area contributed by atoms with Crippen molar-refractivity contribution < 1.29 is 4.79 Å². The van der Waals surface area contributed by atoms with Crippen molar-refractivity contribution in [2.45, 2.75) is 52.0 Å². The van der Waals surface area contributed by atoms with E-state index in [2.05, 4.69) is 16.0 Å². The SMILES string of the molecule is Cc1nc(C)c(C(=O)N2CCN(C(C#N)C3CCCCC3)CC2)s1. The fourth-order valence-electron chi connectivity index (χ4n) is 4.01. The van der Waals surface area contributed by atoms with E-state index in [9.17, 15) is 10.1 Å². The first-order chi connectivity index (χ1) is 11.6. The number of amides is 1. The first-order valence-corrected chi connectivity index (χ1v) is 9.78. The number of rotatable bonds is 3. The zero-order valence-corrected chi connectivity index (χ0v) is 15.4. The third-order valence-corrected chi connectivity index (χ3v) is 6.38. The van der Waals surface area contributed by atoms with Crippen LogP contribution in [0.4, 0.5) is 0 Å². The van der Waals surface area contributed by atoms with Crippen molar-refractivity contribution in [3.63, 3.8) is 0 Å². The first kappa shape index (κ1) is 17.4. The Morgan fingerprint density at radius 3 is 2.42 bits per heavy atom. The van der Waals surface area contributed by atoms with E-state index in [0.717, 1.165) is 28.7 Å². The molecule has 1 atom stereocenters. The molecule has 1 amide bonds. The lowest BCUT2D eigenvalue weighted by Gasteiger charge is -2.40. The van der Waals surface area contributed by atoms with E-state index in [0.29, 0.717) is 19.0 Å². The van der Waals surface area contributed by atoms with Crippen molar-refractivity contribution in [2.75, 3.05) is 26.2 Å². The van der Waals surface area contributed by atoms with Crippen LogP contribution in [-0.4, -0.2) is 52.9 Å². The fraction of sp³-hybridized carbons (Fsp3) is 0.722. The van der Waals surface area contributed by atoms with Crippen LogP contribution in [0.3, 0.4) is 0 Å². The minimum Gasteiger partial charge on any atom is -0.335 e. The van der Waals surface area contributed by atoms with Crippen molar-refractivity contribution in [3.05, 3.63) is 15.6 Å². The highest BCUT2D eigenvalue weighted by atomic mass is 32.1. The lowest BCUT2D eigenvalue weighted by atomic mass is 9.83. The molecule has 0 aromatic carbocycles. The van der Waals surface area contributed by atoms with E-state index in [1.807, 2.05) is 18.7 Å². The van der Waals surface area contributed by atoms with E-state index in [1.165, 1.54) is 43.4 Å². The van der Waals surface area contributed by atoms with Gasteiger partial charge in [-0.25, -0.2) is 4.98 Å². The van der Waals surface area contributed by atoms with Gasteiger partial charge in [0.15, 0.2) is 0 Å². The number of aromatic nitrogens is 1. The smallest absolute Gasteiger partial charge is 0.265 e. The molecule has 1 saturated heterocycles. The van der Waals surface area contributed by atoms with Gasteiger partial charge < -0.3 is 4.90 Å². The van der Waals surface area contributed by atoms with Crippen LogP contribution < -0.4 is 0 Å². The Morgan fingerprint density at radius 1 is 1.21 bits per heavy atom. The predicted octanol–water partition coefficient (Wildman–Crippen LogP) is 2.99. The number of carbonyl (C=O) groups is 1. The summed E-state index contributed by atoms with van der Waals surface area (Å²) < 4.78 is 0. The molecule has 1 saturated carbocycles. The molecule has 0 bridgehead atoms. The zero-order chi connectivity index (χ0) is 17.1. The van der Waals surface area contributed by atoms with E-state index in [-0.39, 0.29) is 11.9 Å². The number of carbonyl (C=O) groups excluding carboxylic acids is 1. The molecule has 1 aromatic heterocycles. The van der Waals surface area contributed by atoms with E-state index < -0.39 is 0 Å². The molecule has 2 aliphatic rings. The quantitative estimate of drug-likeness (QED) is 0.844. The maximum absolute atomic E-state index is 12.7. The Balaban J connectivity index is 1.59. The number of piperazine rings is 1. The van der Waals surface area contributed by atoms with Crippen LogP contribution >= 0.6 is 11.3 Å². The third-order valence-electron chi connectivity index (χ3n) is 5.32. The second kappa shape index (κ2) is 7.62. The van der Waals surface area contributed by atoms with Crippen molar-refractivity contribution in [3.8, 4) is 6.07 Å². The van der Waals surface area contributed by atoms with Gasteiger partial charge in [-0.15, -0.1) is 11.3 Å². The molecule has 24 heavy (non-hydrogen) atoms. The molecular formula is C18H26N4OS. The Kier molecular flexibility index (Phi) is 5.52. The highest BCUT2D eigenvalue weighted by molar-refractivity contribution is 7.13. The summed E-state index contributed by atoms with van der Waals surface area (Å²) in [6.45, 7) is 6.87. The summed E-state index contributed by atoms with van der Waals surface area (Å²) >= 11 is 1.48. The molecule has 1 aliphatic carbocycles. The molecule has 1 unspecified atom stereocenters. The topological polar surface area (TPSA) is 60.2 Å². The number of hydrogen-bond acceptors (Lipinski definition) is 5. The van der Waals surface area contributed by atoms with Crippen LogP contribution in [-0.2, 0) is 0 Å². The van der Waals surface area contributed by atoms with Crippen LogP contribution in [0.25, 0.3) is 0 Å². The third kappa shape index (κ3) is 3.62. The van der Waals surface area contributed by atoms with E-state index in [4.69, 9.17) is 0 Å². The van der Waals surface area contributed by atoms with Crippen molar-refractivity contribution in [1.82, 2.24) is 14.8 Å². The summed E-state index contributed by atoms with van der Waals surface area (Å²) in [6.07, 6.45) is 6.18. The second-order valence-electron chi connectivity index (χ2n) is 6.95. The standard InChI is InChI=1S/C18H26N4OS/c1-13-17(24-14(2)20-13)18(23)22-10-8-21(9-11-22)16(12-19)15-6-4-3-5-7-15/h15-16H,3-11H2,1-2H3. The molecule has 130 valence electrons. The molecule has 3 rings (SSSR count). The summed E-state index contributed by atoms with van der Waals surface area (Å²) in [5.74, 6) is 0.612. The normalized spacial score (nSPS) is 21.5. The minimum absolute atomic E-state index is 0.0231. The van der Waals surface area contributed by atoms with Gasteiger partial charge in [0, 0.05) is 26.2 Å². The highest BCUT2D eigenvalue weighted by Crippen LogP contribution is 2.29. The number of thiazole rings is 1. The fourth-order valence-corrected chi connectivity index (χ4v) is 4.90. The first-order valence-electron chi connectivity index (χ1n) is 8.97. The Labute approximate surface area is 148 Å². The lowest BCUT2D eigenvalue weighted by molar-refractivity contribution is 0.0542. The van der Waals surface area contributed by atoms with Gasteiger partial charge in [0.2, 0.25) is 0 Å². The largest absolute Gasteiger partial charge is 0.335 e. The highest BCUT2D eigenvalue weighted by Gasteiger charge is 2.32. The van der Waals surface area contributed by atoms with Crippen LogP contribution in [0.2, 0.25) is 0 Å². The molecule has 1 aromatic rings. The summed E-state index contributed by atoms with van der Waals surface area (Å²) in [5.41, 5.74) is 0.835. The number of aryl methyl sites for hydroxylation is 2. The van der Waals surface area contributed by atoms with Crippen molar-refractivity contribution in [2.24, 2.45) is 5.92 Å². The summed E-state index contributed by atoms with van der Waals surface area (Å²) in [4.78, 5) is 22.0. The van der Waals surface area contributed by atoms with Gasteiger partial charge in [-0.3, -0.25) is 9.69 Å². The van der Waals surface area contributed by atoms with Crippen LogP contribution in [0.5, 0.6) is 0 Å². The Bertz CT molecular complexity index is 621. The van der Waals surface area contributed by atoms with E-state index in [1.54, 1.807) is 0 Å². The maximum Gasteiger partial charge on any atom is 0.265 e. The molecule has 6 heteroatoms. The Hall–Kier alpha value is -1.45. The molecule has 5 nitrogen and oxygen atoms in total. The molecular weight excluding hydrogens is 320 g/mol. The monoisotopic (exact) mass is 346 g/mol. The number of hydrogen-bond donors (Lipinski definition) is 0. The molecule has 0 N–H and O–H groups in total. The molecule has 1 aliphatic heterocycles. The van der Waals surface area contributed by atoms with Gasteiger partial charge >= 0.3 is 0 Å². The average Bonchev–Trinajstić information content (AvgIpc) is 2.95. The summed E-state index contributed by atoms with van der Waals surface area (Å²) in [5, 5.41) is 10.6. The summed E-state index contributed by atoms with van der Waals surface area (Å²) in [6, 6.07) is 2.57. The average molecular weight is 347 g/mol. The lowest BCUT2D eigenvalue weighted by Crippen LogP contribution is -2.53. The van der Waals surface area contributed by atoms with Crippen LogP contribution in [0.1, 0.15) is 52.5 Å². The maximum atomic E-state index is 12.7. The zero-order valence-electron chi connectivity index (χ0n) is 14.6. The molecule has 2 heterocycles. The van der Waals surface area contributed by atoms with Crippen LogP contribution in [0, 0.1) is 31.1 Å². The number of nitrogens with zero attached hydrogens (tertiary/aromatic N) is 4. The van der Waals surface area contributed by atoms with Gasteiger partial charge in [0.1, 0.15) is 10.9 Å². The van der Waals surface area contributed by atoms with E-state index >= 15 is 0 Å². The Morgan fingerprint density at radius 2 is 1.88 bits per heavy atom. The van der Waals surface area contributed by atoms with Gasteiger partial charge in [0.05, 0.1) is 16.8 Å². The molecule has 2 fully saturated rings. The van der Waals surface area contributed by atoms with Gasteiger partial charge in [-0.2, -0.15) is 5.26 Å². The van der Waals surface area contributed by atoms with Gasteiger partial charge in [0.25, 0.3) is 5.91 Å². The van der Waals surface area contributed by atoms with Crippen molar-refractivity contribution >= 4 is 17.2 Å². The van der Waals surface area contributed by atoms with Crippen LogP contribution in [0.15, 0.2) is 0 Å². The van der Waals surface area contributed by atoms with Gasteiger partial charge in [-0.05, 0) is 32.6 Å². The predicted molar refractivity (Wildman–Crippen MR) is 95.0 cm³/mol. The number of nitriles is 1. The minimum atomic E-state index is 0.0231. The summed E-state index contributed by atoms with van der Waals surface area (Å²) in [7, 11) is 0.